The van der Waals surface area contributed by atoms with Gasteiger partial charge >= 0.3 is 12.1 Å². The maximum Gasteiger partial charge on any atom is 0.401 e. The average Bonchev–Trinajstić information content (AvgIpc) is 3.59. The van der Waals surface area contributed by atoms with Gasteiger partial charge in [-0.3, -0.25) is 24.1 Å². The fourth-order valence-corrected chi connectivity index (χ4v) is 9.46. The standard InChI is InChI=1S/C36H37ClF5N5O4S/c1-20-12-25(31-30(43-20)27(15-52-31)33(49)50)24-13-22(37)4-7-29(24)51-11-10-47-21(2)44-28-6-5-23(14-26(28)32(47)48)46-9-3-8-34(17-46)16-45(18-35(34,38)39)19-36(40,41)42/h4,7,12-13,15,23H,3,5-6,8-11,14,16-19H2,1-2H3,(H,49,50)/t23-,34+/m0/s1. The average molecular weight is 766 g/mol. The highest BCUT2D eigenvalue weighted by Gasteiger charge is 2.62. The first-order valence-electron chi connectivity index (χ1n) is 17.1. The number of pyridine rings is 1. The molecule has 2 aliphatic heterocycles. The van der Waals surface area contributed by atoms with Crippen molar-refractivity contribution in [3.8, 4) is 16.9 Å². The van der Waals surface area contributed by atoms with Crippen molar-refractivity contribution in [3.05, 3.63) is 73.4 Å². The number of carbonyl (C=O) groups is 1. The topological polar surface area (TPSA) is 101 Å². The molecule has 16 heteroatoms. The molecule has 0 saturated carbocycles. The molecule has 1 spiro atoms. The van der Waals surface area contributed by atoms with E-state index < -0.39 is 36.6 Å². The molecule has 3 aromatic heterocycles. The summed E-state index contributed by atoms with van der Waals surface area (Å²) in [6.45, 7) is 1.72. The number of ether oxygens (including phenoxy) is 1. The zero-order chi connectivity index (χ0) is 37.2. The van der Waals surface area contributed by atoms with Gasteiger partial charge in [-0.1, -0.05) is 11.6 Å². The van der Waals surface area contributed by atoms with Gasteiger partial charge in [0, 0.05) is 51.9 Å². The summed E-state index contributed by atoms with van der Waals surface area (Å²) in [5.41, 5.74) is 1.87. The molecular weight excluding hydrogens is 729 g/mol. The lowest BCUT2D eigenvalue weighted by atomic mass is 9.75. The molecule has 7 rings (SSSR count). The number of benzene rings is 1. The summed E-state index contributed by atoms with van der Waals surface area (Å²) in [6, 6.07) is 6.77. The van der Waals surface area contributed by atoms with Gasteiger partial charge in [0.15, 0.2) is 0 Å². The van der Waals surface area contributed by atoms with Gasteiger partial charge < -0.3 is 9.84 Å². The van der Waals surface area contributed by atoms with Gasteiger partial charge in [0.2, 0.25) is 0 Å². The van der Waals surface area contributed by atoms with Crippen LogP contribution in [-0.2, 0) is 19.4 Å². The molecule has 2 atom stereocenters. The third-order valence-electron chi connectivity index (χ3n) is 10.6. The lowest BCUT2D eigenvalue weighted by Crippen LogP contribution is -2.56. The number of hydrogen-bond donors (Lipinski definition) is 1. The number of aryl methyl sites for hydroxylation is 3. The highest BCUT2D eigenvalue weighted by molar-refractivity contribution is 7.18. The summed E-state index contributed by atoms with van der Waals surface area (Å²) in [5, 5.41) is 11.7. The second-order valence-electron chi connectivity index (χ2n) is 14.2. The van der Waals surface area contributed by atoms with Crippen LogP contribution in [0.2, 0.25) is 5.02 Å². The largest absolute Gasteiger partial charge is 0.491 e. The first-order valence-corrected chi connectivity index (χ1v) is 18.3. The summed E-state index contributed by atoms with van der Waals surface area (Å²) in [4.78, 5) is 37.8. The Balaban J connectivity index is 1.09. The van der Waals surface area contributed by atoms with Crippen molar-refractivity contribution in [1.29, 1.82) is 0 Å². The molecule has 0 bridgehead atoms. The van der Waals surface area contributed by atoms with Crippen molar-refractivity contribution >= 4 is 39.1 Å². The van der Waals surface area contributed by atoms with E-state index in [9.17, 15) is 27.9 Å². The summed E-state index contributed by atoms with van der Waals surface area (Å²) < 4.78 is 78.6. The number of likely N-dealkylation sites (tertiary alicyclic amines) is 2. The minimum Gasteiger partial charge on any atom is -0.491 e. The van der Waals surface area contributed by atoms with Crippen molar-refractivity contribution in [3.63, 3.8) is 0 Å². The van der Waals surface area contributed by atoms with E-state index in [-0.39, 0.29) is 49.8 Å². The Labute approximate surface area is 305 Å². The summed E-state index contributed by atoms with van der Waals surface area (Å²) >= 11 is 7.66. The van der Waals surface area contributed by atoms with E-state index in [4.69, 9.17) is 21.3 Å². The minimum absolute atomic E-state index is 0.0223. The Morgan fingerprint density at radius 2 is 1.92 bits per heavy atom. The number of aromatic carboxylic acids is 1. The Hall–Kier alpha value is -3.66. The molecule has 9 nitrogen and oxygen atoms in total. The van der Waals surface area contributed by atoms with Gasteiger partial charge in [-0.15, -0.1) is 11.3 Å². The summed E-state index contributed by atoms with van der Waals surface area (Å²) in [5.74, 6) is -3.34. The SMILES string of the molecule is Cc1cc(-c2cc(Cl)ccc2OCCn2c(C)nc3c(c2=O)C[C@@H](N2CCC[C@@]4(CN(CC(F)(F)F)CC4(F)F)C2)CC3)c2scc(C(=O)O)c2n1. The highest BCUT2D eigenvalue weighted by Crippen LogP contribution is 2.50. The molecule has 2 fully saturated rings. The van der Waals surface area contributed by atoms with Crippen LogP contribution in [0.1, 0.15) is 52.4 Å². The van der Waals surface area contributed by atoms with E-state index in [2.05, 4.69) is 4.98 Å². The molecule has 4 aromatic rings. The minimum atomic E-state index is -4.56. The molecule has 1 N–H and O–H groups in total. The van der Waals surface area contributed by atoms with Crippen LogP contribution < -0.4 is 10.3 Å². The van der Waals surface area contributed by atoms with Crippen molar-refractivity contribution in [2.75, 3.05) is 39.3 Å². The van der Waals surface area contributed by atoms with E-state index in [1.807, 2.05) is 11.0 Å². The van der Waals surface area contributed by atoms with Crippen LogP contribution in [-0.4, -0.2) is 92.9 Å². The number of rotatable bonds is 8. The molecule has 0 amide bonds. The van der Waals surface area contributed by atoms with E-state index in [0.717, 1.165) is 10.5 Å². The fourth-order valence-electron chi connectivity index (χ4n) is 8.28. The number of nitrogens with zero attached hydrogens (tertiary/aromatic N) is 5. The van der Waals surface area contributed by atoms with E-state index in [1.54, 1.807) is 42.0 Å². The molecule has 52 heavy (non-hydrogen) atoms. The number of halogens is 6. The maximum absolute atomic E-state index is 15.4. The molecule has 1 aromatic carbocycles. The Morgan fingerprint density at radius 1 is 1.13 bits per heavy atom. The third-order valence-corrected chi connectivity index (χ3v) is 11.9. The molecule has 278 valence electrons. The summed E-state index contributed by atoms with van der Waals surface area (Å²) in [6.07, 6.45) is -2.54. The summed E-state index contributed by atoms with van der Waals surface area (Å²) in [7, 11) is 0. The zero-order valence-corrected chi connectivity index (χ0v) is 30.1. The number of aromatic nitrogens is 3. The number of thiophene rings is 1. The number of piperidine rings is 1. The Morgan fingerprint density at radius 3 is 2.67 bits per heavy atom. The quantitative estimate of drug-likeness (QED) is 0.191. The second kappa shape index (κ2) is 13.6. The predicted octanol–water partition coefficient (Wildman–Crippen LogP) is 7.02. The number of carboxylic acids is 1. The Bertz CT molecular complexity index is 2110. The number of hydrogen-bond acceptors (Lipinski definition) is 8. The Kier molecular flexibility index (Phi) is 9.62. The molecule has 1 aliphatic carbocycles. The van der Waals surface area contributed by atoms with Crippen LogP contribution in [0.25, 0.3) is 21.3 Å². The van der Waals surface area contributed by atoms with Gasteiger partial charge in [-0.25, -0.2) is 18.6 Å². The number of alkyl halides is 5. The van der Waals surface area contributed by atoms with E-state index in [1.165, 1.54) is 11.3 Å². The van der Waals surface area contributed by atoms with Crippen molar-refractivity contribution < 1.29 is 36.6 Å². The van der Waals surface area contributed by atoms with Gasteiger partial charge in [0.05, 0.1) is 46.5 Å². The van der Waals surface area contributed by atoms with Crippen LogP contribution in [0, 0.1) is 19.3 Å². The fraction of sp³-hybridized carbons (Fsp3) is 0.500. The van der Waals surface area contributed by atoms with Gasteiger partial charge in [0.1, 0.15) is 18.2 Å². The van der Waals surface area contributed by atoms with Gasteiger partial charge in [0.25, 0.3) is 11.5 Å². The molecular formula is C36H37ClF5N5O4S. The first-order chi connectivity index (χ1) is 24.5. The van der Waals surface area contributed by atoms with Crippen LogP contribution in [0.3, 0.4) is 0 Å². The van der Waals surface area contributed by atoms with Gasteiger partial charge in [-0.05, 0) is 76.8 Å². The normalized spacial score (nSPS) is 22.3. The smallest absolute Gasteiger partial charge is 0.401 e. The van der Waals surface area contributed by atoms with E-state index in [0.29, 0.717) is 81.6 Å². The van der Waals surface area contributed by atoms with Crippen LogP contribution >= 0.6 is 22.9 Å². The van der Waals surface area contributed by atoms with Crippen LogP contribution in [0.15, 0.2) is 34.4 Å². The second-order valence-corrected chi connectivity index (χ2v) is 15.5. The monoisotopic (exact) mass is 765 g/mol. The zero-order valence-electron chi connectivity index (χ0n) is 28.5. The highest BCUT2D eigenvalue weighted by atomic mass is 35.5. The van der Waals surface area contributed by atoms with Crippen molar-refractivity contribution in [2.24, 2.45) is 5.41 Å². The van der Waals surface area contributed by atoms with Crippen molar-refractivity contribution in [2.45, 2.75) is 70.6 Å². The molecule has 2 saturated heterocycles. The first kappa shape index (κ1) is 36.7. The molecule has 3 aliphatic rings. The lowest BCUT2D eigenvalue weighted by molar-refractivity contribution is -0.146. The van der Waals surface area contributed by atoms with Crippen LogP contribution in [0.5, 0.6) is 5.75 Å². The maximum atomic E-state index is 15.4. The molecule has 5 heterocycles. The third kappa shape index (κ3) is 6.92. The lowest BCUT2D eigenvalue weighted by Gasteiger charge is -2.47. The number of carboxylic acid groups (broad SMARTS) is 1. The van der Waals surface area contributed by atoms with Crippen LogP contribution in [0.4, 0.5) is 22.0 Å². The predicted molar refractivity (Wildman–Crippen MR) is 187 cm³/mol. The van der Waals surface area contributed by atoms with E-state index >= 15 is 8.78 Å². The molecule has 0 radical (unpaired) electrons. The van der Waals surface area contributed by atoms with Gasteiger partial charge in [-0.2, -0.15) is 13.2 Å². The number of fused-ring (bicyclic) bond motifs is 2. The van der Waals surface area contributed by atoms with Crippen molar-refractivity contribution in [1.82, 2.24) is 24.3 Å². The molecule has 0 unspecified atom stereocenters.